The van der Waals surface area contributed by atoms with Crippen molar-refractivity contribution >= 4 is 12.3 Å². The van der Waals surface area contributed by atoms with Crippen LogP contribution in [-0.4, -0.2) is 32.7 Å². The largest absolute Gasteiger partial charge is 0.503 e. The van der Waals surface area contributed by atoms with Crippen molar-refractivity contribution < 1.29 is 30.0 Å². The lowest BCUT2D eigenvalue weighted by Crippen LogP contribution is -1.81. The van der Waals surface area contributed by atoms with Crippen LogP contribution in [0.25, 0.3) is 0 Å². The van der Waals surface area contributed by atoms with Gasteiger partial charge in [0.15, 0.2) is 0 Å². The highest BCUT2D eigenvalue weighted by atomic mass is 16.6. The molecule has 0 rings (SSSR count). The van der Waals surface area contributed by atoms with E-state index >= 15 is 0 Å². The van der Waals surface area contributed by atoms with Gasteiger partial charge in [0.2, 0.25) is 0 Å². The Balaban J connectivity index is -0.0000000378. The number of rotatable bonds is 1. The molecule has 0 bridgehead atoms. The SMILES string of the molecule is CC(C)C.CC(C)C.CCC.CCCC.O=C(O)O.O=C(O)O. The van der Waals surface area contributed by atoms with E-state index in [1.54, 1.807) is 0 Å². The van der Waals surface area contributed by atoms with Crippen LogP contribution in [0.2, 0.25) is 0 Å². The molecule has 0 aliphatic rings. The van der Waals surface area contributed by atoms with Crippen molar-refractivity contribution in [2.75, 3.05) is 0 Å². The maximum atomic E-state index is 8.56. The number of unbranched alkanes of at least 4 members (excludes halogenated alkanes) is 1. The van der Waals surface area contributed by atoms with Crippen molar-refractivity contribution in [3.63, 3.8) is 0 Å². The highest BCUT2D eigenvalue weighted by Gasteiger charge is 1.70. The molecule has 146 valence electrons. The predicted molar refractivity (Wildman–Crippen MR) is 98.9 cm³/mol. The van der Waals surface area contributed by atoms with E-state index in [-0.39, 0.29) is 0 Å². The quantitative estimate of drug-likeness (QED) is 0.408. The number of carboxylic acid groups (broad SMARTS) is 4. The van der Waals surface area contributed by atoms with E-state index in [1.807, 2.05) is 0 Å². The fraction of sp³-hybridized carbons (Fsp3) is 0.882. The normalized spacial score (nSPS) is 7.30. The highest BCUT2D eigenvalue weighted by Crippen LogP contribution is 1.81. The smallest absolute Gasteiger partial charge is 0.450 e. The van der Waals surface area contributed by atoms with Gasteiger partial charge in [-0.05, 0) is 11.8 Å². The van der Waals surface area contributed by atoms with Gasteiger partial charge < -0.3 is 20.4 Å². The van der Waals surface area contributed by atoms with Gasteiger partial charge in [0, 0.05) is 0 Å². The highest BCUT2D eigenvalue weighted by molar-refractivity contribution is 5.53. The molecule has 0 aromatic carbocycles. The third kappa shape index (κ3) is 33400. The lowest BCUT2D eigenvalue weighted by molar-refractivity contribution is 0.135. The molecule has 23 heavy (non-hydrogen) atoms. The molecular formula is C17H42O6. The molecule has 6 heteroatoms. The first kappa shape index (κ1) is 37.6. The van der Waals surface area contributed by atoms with Crippen LogP contribution in [0.15, 0.2) is 0 Å². The van der Waals surface area contributed by atoms with Gasteiger partial charge in [-0.3, -0.25) is 0 Å². The Morgan fingerprint density at radius 2 is 0.652 bits per heavy atom. The summed E-state index contributed by atoms with van der Waals surface area (Å²) in [5.74, 6) is 1.67. The van der Waals surface area contributed by atoms with Crippen LogP contribution in [0.5, 0.6) is 0 Å². The van der Waals surface area contributed by atoms with Gasteiger partial charge in [0.1, 0.15) is 0 Å². The van der Waals surface area contributed by atoms with E-state index in [1.165, 1.54) is 19.3 Å². The predicted octanol–water partition coefficient (Wildman–Crippen LogP) is 6.99. The second kappa shape index (κ2) is 42.8. The first-order chi connectivity index (χ1) is 10.3. The van der Waals surface area contributed by atoms with Crippen molar-refractivity contribution in [2.45, 2.75) is 88.5 Å². The average Bonchev–Trinajstić information content (AvgIpc) is 2.26. The topological polar surface area (TPSA) is 115 Å². The fourth-order valence-electron chi connectivity index (χ4n) is 0. The Bertz CT molecular complexity index is 158. The van der Waals surface area contributed by atoms with Gasteiger partial charge >= 0.3 is 12.3 Å². The lowest BCUT2D eigenvalue weighted by atomic mass is 10.3. The molecule has 0 aliphatic heterocycles. The molecule has 0 heterocycles. The Morgan fingerprint density at radius 1 is 0.609 bits per heavy atom. The van der Waals surface area contributed by atoms with E-state index in [2.05, 4.69) is 69.2 Å². The van der Waals surface area contributed by atoms with Crippen LogP contribution >= 0.6 is 0 Å². The number of hydrogen-bond acceptors (Lipinski definition) is 2. The zero-order chi connectivity index (χ0) is 20.4. The Labute approximate surface area is 143 Å². The summed E-state index contributed by atoms with van der Waals surface area (Å²) in [6.07, 6.45) is 0.222. The van der Waals surface area contributed by atoms with Gasteiger partial charge in [0.05, 0.1) is 0 Å². The number of carbonyl (C=O) groups is 2. The Hall–Kier alpha value is -1.46. The van der Waals surface area contributed by atoms with Gasteiger partial charge in [-0.1, -0.05) is 88.5 Å². The van der Waals surface area contributed by atoms with Crippen molar-refractivity contribution in [3.05, 3.63) is 0 Å². The maximum absolute atomic E-state index is 8.56. The summed E-state index contributed by atoms with van der Waals surface area (Å²) >= 11 is 0. The number of hydrogen-bond donors (Lipinski definition) is 4. The van der Waals surface area contributed by atoms with E-state index in [9.17, 15) is 0 Å². The summed E-state index contributed by atoms with van der Waals surface area (Å²) in [6.45, 7) is 21.6. The van der Waals surface area contributed by atoms with Gasteiger partial charge in [-0.25, -0.2) is 9.59 Å². The molecule has 0 unspecified atom stereocenters. The molecule has 0 aromatic rings. The summed E-state index contributed by atoms with van der Waals surface area (Å²) < 4.78 is 0. The zero-order valence-electron chi connectivity index (χ0n) is 16.9. The average molecular weight is 343 g/mol. The molecule has 0 spiro atoms. The van der Waals surface area contributed by atoms with Crippen LogP contribution in [0.1, 0.15) is 88.5 Å². The molecule has 0 amide bonds. The minimum absolute atomic E-state index is 0.833. The maximum Gasteiger partial charge on any atom is 0.503 e. The summed E-state index contributed by atoms with van der Waals surface area (Å²) in [6, 6.07) is 0. The van der Waals surface area contributed by atoms with Crippen LogP contribution in [0.4, 0.5) is 9.59 Å². The molecular weight excluding hydrogens is 300 g/mol. The van der Waals surface area contributed by atoms with Crippen molar-refractivity contribution in [2.24, 2.45) is 11.8 Å². The van der Waals surface area contributed by atoms with Crippen molar-refractivity contribution in [1.29, 1.82) is 0 Å². The summed E-state index contributed by atoms with van der Waals surface area (Å²) in [4.78, 5) is 17.1. The monoisotopic (exact) mass is 342 g/mol. The molecule has 0 atom stereocenters. The van der Waals surface area contributed by atoms with Crippen LogP contribution in [-0.2, 0) is 0 Å². The molecule has 0 fully saturated rings. The lowest BCUT2D eigenvalue weighted by Gasteiger charge is -1.79. The van der Waals surface area contributed by atoms with Crippen molar-refractivity contribution in [1.82, 2.24) is 0 Å². The standard InChI is InChI=1S/3C4H10.C3H8.2CH2O3/c2*1-4(2)3;1-3-4-2;1-3-2;2*2-1(3)4/h2*4H,1-3H3;3-4H2,1-2H3;3H2,1-2H3;2*(H2,2,3,4). The zero-order valence-corrected chi connectivity index (χ0v) is 16.9. The molecule has 0 radical (unpaired) electrons. The third-order valence-electron chi connectivity index (χ3n) is 0.500. The van der Waals surface area contributed by atoms with Crippen LogP contribution < -0.4 is 0 Å². The van der Waals surface area contributed by atoms with Crippen LogP contribution in [0, 0.1) is 11.8 Å². The first-order valence-corrected chi connectivity index (χ1v) is 8.10. The van der Waals surface area contributed by atoms with E-state index < -0.39 is 12.3 Å². The van der Waals surface area contributed by atoms with Gasteiger partial charge in [0.25, 0.3) is 0 Å². The van der Waals surface area contributed by atoms with Gasteiger partial charge in [-0.2, -0.15) is 0 Å². The molecule has 6 nitrogen and oxygen atoms in total. The third-order valence-corrected chi connectivity index (χ3v) is 0.500. The minimum Gasteiger partial charge on any atom is -0.450 e. The summed E-state index contributed by atoms with van der Waals surface area (Å²) in [5.41, 5.74) is 0. The summed E-state index contributed by atoms with van der Waals surface area (Å²) in [5, 5.41) is 27.9. The Morgan fingerprint density at radius 3 is 0.652 bits per heavy atom. The second-order valence-electron chi connectivity index (χ2n) is 5.74. The minimum atomic E-state index is -1.83. The van der Waals surface area contributed by atoms with E-state index in [4.69, 9.17) is 30.0 Å². The van der Waals surface area contributed by atoms with Crippen LogP contribution in [0.3, 0.4) is 0 Å². The van der Waals surface area contributed by atoms with E-state index in [0.717, 1.165) is 11.8 Å². The van der Waals surface area contributed by atoms with Gasteiger partial charge in [-0.15, -0.1) is 0 Å². The molecule has 0 saturated heterocycles. The summed E-state index contributed by atoms with van der Waals surface area (Å²) in [7, 11) is 0. The molecule has 4 N–H and O–H groups in total. The molecule has 0 saturated carbocycles. The fourth-order valence-corrected chi connectivity index (χ4v) is 0. The second-order valence-corrected chi connectivity index (χ2v) is 5.74. The molecule has 0 aliphatic carbocycles. The van der Waals surface area contributed by atoms with E-state index in [0.29, 0.717) is 0 Å². The first-order valence-electron chi connectivity index (χ1n) is 8.10. The van der Waals surface area contributed by atoms with Crippen molar-refractivity contribution in [3.8, 4) is 0 Å². The Kier molecular flexibility index (Phi) is 70.0. The molecule has 0 aromatic heterocycles.